The van der Waals surface area contributed by atoms with E-state index in [4.69, 9.17) is 25.5 Å². The molecular formula is C55H63ClF3NO7. The fourth-order valence-electron chi connectivity index (χ4n) is 16.9. The lowest BCUT2D eigenvalue weighted by molar-refractivity contribution is -0.181. The first kappa shape index (κ1) is 45.4. The molecule has 12 heteroatoms. The zero-order valence-electron chi connectivity index (χ0n) is 39.0. The number of amides is 1. The van der Waals surface area contributed by atoms with Crippen molar-refractivity contribution >= 4 is 23.3 Å². The van der Waals surface area contributed by atoms with Crippen LogP contribution in [0, 0.1) is 56.7 Å². The minimum Gasteiger partial charge on any atom is -0.493 e. The number of alkyl halides is 3. The molecule has 2 spiro atoms. The van der Waals surface area contributed by atoms with Crippen molar-refractivity contribution in [1.29, 1.82) is 0 Å². The first-order chi connectivity index (χ1) is 31.8. The molecule has 1 unspecified atom stereocenters. The van der Waals surface area contributed by atoms with Gasteiger partial charge >= 0.3 is 6.18 Å². The minimum atomic E-state index is -4.60. The van der Waals surface area contributed by atoms with Crippen LogP contribution in [0.4, 0.5) is 13.2 Å². The molecule has 7 saturated carbocycles. The Balaban J connectivity index is 0.962. The number of fused-ring (bicyclic) bond motifs is 1. The molecule has 358 valence electrons. The summed E-state index contributed by atoms with van der Waals surface area (Å²) in [7, 11) is 3.18. The molecule has 8 atom stereocenters. The van der Waals surface area contributed by atoms with Crippen LogP contribution >= 0.6 is 11.6 Å². The molecule has 13 rings (SSSR count). The zero-order chi connectivity index (χ0) is 47.1. The Morgan fingerprint density at radius 3 is 2.18 bits per heavy atom. The molecule has 2 aromatic carbocycles. The van der Waals surface area contributed by atoms with E-state index in [0.717, 1.165) is 49.8 Å². The second-order valence-electron chi connectivity index (χ2n) is 23.0. The number of furan rings is 1. The number of allylic oxidation sites excluding steroid dienone is 4. The standard InChI is InChI=1S/C55H63ClF3NO7/c1-49-14-11-37(61)28-52(49)17-18-54(39(29-52)48(63)43-10-9-41(67-43)38-24-36(55(57,58)59)6-7-40(38)56)45(49)12-15-50(2)46(54)13-16-53(50,64)31-60(30-51-25-33-19-34(26-51)21-35(20-33)27-51)47(62)23-32-5-8-42(65-3)44(22-32)66-4/h5-10,17-18,22,24,29,33-35,37,45-46,61,64H,11-16,19-21,23,25-28,30-31H2,1-4H3/t33?,34?,35?,37?,45-,46-,49-,50+,51?,52+,53-,54-/m1/s1. The molecule has 67 heavy (non-hydrogen) atoms. The van der Waals surface area contributed by atoms with Gasteiger partial charge in [-0.1, -0.05) is 49.7 Å². The number of rotatable bonds is 11. The molecule has 2 N–H and O–H groups in total. The van der Waals surface area contributed by atoms with E-state index in [9.17, 15) is 23.4 Å². The van der Waals surface area contributed by atoms with Crippen molar-refractivity contribution in [3.8, 4) is 22.8 Å². The largest absolute Gasteiger partial charge is 0.493 e. The van der Waals surface area contributed by atoms with Crippen LogP contribution in [0.25, 0.3) is 11.3 Å². The number of nitrogens with zero attached hydrogens (tertiary/aromatic N) is 1. The highest BCUT2D eigenvalue weighted by molar-refractivity contribution is 6.33. The molecule has 10 aliphatic rings. The lowest BCUT2D eigenvalue weighted by Gasteiger charge is -2.71. The normalized spacial score (nSPS) is 38.8. The summed E-state index contributed by atoms with van der Waals surface area (Å²) < 4.78 is 58.9. The summed E-state index contributed by atoms with van der Waals surface area (Å²) in [6, 6.07) is 11.7. The maximum Gasteiger partial charge on any atom is 0.416 e. The van der Waals surface area contributed by atoms with Crippen molar-refractivity contribution in [1.82, 2.24) is 4.90 Å². The van der Waals surface area contributed by atoms with Crippen LogP contribution in [0.3, 0.4) is 0 Å². The van der Waals surface area contributed by atoms with Crippen LogP contribution in [0.15, 0.2) is 76.7 Å². The summed E-state index contributed by atoms with van der Waals surface area (Å²) in [4.78, 5) is 32.4. The van der Waals surface area contributed by atoms with Crippen LogP contribution < -0.4 is 9.47 Å². The molecule has 0 saturated heterocycles. The SMILES string of the molecule is COc1ccc(CC(=O)N(CC23CC4CC(CC(C4)C2)C3)C[C@]2(O)CC[C@H]3[C@]45C=C[C@@]6(C=C4C(=O)c4ccc(-c7cc(C(F)(F)F)ccc7Cl)o4)CC(O)CC[C@]6(C)[C@H]5CC[C@@]32C)cc1OC. The third-order valence-corrected chi connectivity index (χ3v) is 20.0. The van der Waals surface area contributed by atoms with Gasteiger partial charge in [-0.2, -0.15) is 13.2 Å². The summed E-state index contributed by atoms with van der Waals surface area (Å²) >= 11 is 6.46. The van der Waals surface area contributed by atoms with Crippen molar-refractivity contribution in [2.75, 3.05) is 27.3 Å². The number of carbonyl (C=O) groups is 2. The van der Waals surface area contributed by atoms with Crippen LogP contribution in [0.2, 0.25) is 5.02 Å². The molecule has 10 aliphatic carbocycles. The van der Waals surface area contributed by atoms with E-state index < -0.39 is 39.7 Å². The van der Waals surface area contributed by atoms with Crippen LogP contribution in [0.5, 0.6) is 11.5 Å². The molecule has 0 radical (unpaired) electrons. The lowest BCUT2D eigenvalue weighted by Crippen LogP contribution is -2.67. The first-order valence-electron chi connectivity index (χ1n) is 24.6. The molecule has 0 aliphatic heterocycles. The van der Waals surface area contributed by atoms with Gasteiger partial charge in [-0.15, -0.1) is 0 Å². The van der Waals surface area contributed by atoms with Gasteiger partial charge in [0.05, 0.1) is 42.9 Å². The predicted molar refractivity (Wildman–Crippen MR) is 247 cm³/mol. The van der Waals surface area contributed by atoms with E-state index in [1.54, 1.807) is 14.2 Å². The van der Waals surface area contributed by atoms with Gasteiger partial charge in [0.2, 0.25) is 11.7 Å². The second-order valence-corrected chi connectivity index (χ2v) is 23.4. The molecule has 3 aromatic rings. The van der Waals surface area contributed by atoms with Gasteiger partial charge in [-0.3, -0.25) is 9.59 Å². The average molecular weight is 943 g/mol. The Morgan fingerprint density at radius 1 is 0.821 bits per heavy atom. The van der Waals surface area contributed by atoms with Crippen molar-refractivity contribution in [3.05, 3.63) is 94.2 Å². The van der Waals surface area contributed by atoms with Gasteiger partial charge < -0.3 is 29.0 Å². The quantitative estimate of drug-likeness (QED) is 0.146. The van der Waals surface area contributed by atoms with Gasteiger partial charge in [-0.25, -0.2) is 0 Å². The molecule has 8 nitrogen and oxygen atoms in total. The summed E-state index contributed by atoms with van der Waals surface area (Å²) in [6.07, 6.45) is 13.2. The highest BCUT2D eigenvalue weighted by Gasteiger charge is 2.75. The summed E-state index contributed by atoms with van der Waals surface area (Å²) in [5, 5.41) is 24.9. The van der Waals surface area contributed by atoms with Gasteiger partial charge in [0.1, 0.15) is 5.76 Å². The van der Waals surface area contributed by atoms with Gasteiger partial charge in [0.25, 0.3) is 0 Å². The Kier molecular flexibility index (Phi) is 10.5. The van der Waals surface area contributed by atoms with Crippen LogP contribution in [0.1, 0.15) is 119 Å². The molecule has 1 heterocycles. The second kappa shape index (κ2) is 15.5. The number of ketones is 1. The van der Waals surface area contributed by atoms with Crippen LogP contribution in [-0.4, -0.2) is 65.8 Å². The number of ether oxygens (including phenoxy) is 2. The smallest absolute Gasteiger partial charge is 0.416 e. The molecule has 7 fully saturated rings. The fraction of sp³-hybridized carbons (Fsp3) is 0.600. The number of hydrogen-bond acceptors (Lipinski definition) is 7. The number of aliphatic hydroxyl groups is 2. The highest BCUT2D eigenvalue weighted by atomic mass is 35.5. The van der Waals surface area contributed by atoms with E-state index in [1.807, 2.05) is 23.1 Å². The Hall–Kier alpha value is -4.06. The molecular weight excluding hydrogens is 879 g/mol. The third kappa shape index (κ3) is 6.80. The number of methoxy groups -OCH3 is 2. The fourth-order valence-corrected chi connectivity index (χ4v) is 17.1. The Bertz CT molecular complexity index is 2550. The van der Waals surface area contributed by atoms with E-state index in [2.05, 4.69) is 32.1 Å². The average Bonchev–Trinajstić information content (AvgIpc) is 3.87. The van der Waals surface area contributed by atoms with E-state index in [0.29, 0.717) is 73.5 Å². The Labute approximate surface area is 396 Å². The first-order valence-corrected chi connectivity index (χ1v) is 25.0. The summed E-state index contributed by atoms with van der Waals surface area (Å²) in [5.41, 5.74) is -3.12. The van der Waals surface area contributed by atoms with Crippen molar-refractivity contribution in [2.24, 2.45) is 56.7 Å². The van der Waals surface area contributed by atoms with E-state index in [1.165, 1.54) is 37.5 Å². The predicted octanol–water partition coefficient (Wildman–Crippen LogP) is 11.7. The van der Waals surface area contributed by atoms with Crippen LogP contribution in [-0.2, 0) is 17.4 Å². The Morgan fingerprint density at radius 2 is 1.49 bits per heavy atom. The van der Waals surface area contributed by atoms with E-state index >= 15 is 9.59 Å². The maximum atomic E-state index is 15.4. The lowest BCUT2D eigenvalue weighted by atomic mass is 9.32. The van der Waals surface area contributed by atoms with E-state index in [-0.39, 0.29) is 69.4 Å². The monoisotopic (exact) mass is 941 g/mol. The third-order valence-electron chi connectivity index (χ3n) is 19.6. The number of Topliss-reactive ketones (excluding diaryl/α,β-unsaturated/α-hetero) is 1. The number of aliphatic hydroxyl groups excluding tert-OH is 1. The molecule has 1 aromatic heterocycles. The van der Waals surface area contributed by atoms with Gasteiger partial charge in [0.15, 0.2) is 17.3 Å². The van der Waals surface area contributed by atoms with Crippen molar-refractivity contribution in [2.45, 2.75) is 122 Å². The highest BCUT2D eigenvalue weighted by Crippen LogP contribution is 2.78. The molecule has 6 bridgehead atoms. The number of halogens is 4. The topological polar surface area (TPSA) is 109 Å². The summed E-state index contributed by atoms with van der Waals surface area (Å²) in [6.45, 7) is 5.32. The minimum absolute atomic E-state index is 0.00121. The summed E-state index contributed by atoms with van der Waals surface area (Å²) in [5.74, 6) is 2.72. The maximum absolute atomic E-state index is 15.4. The number of carbonyl (C=O) groups excluding carboxylic acids is 2. The van der Waals surface area contributed by atoms with Gasteiger partial charge in [0, 0.05) is 40.5 Å². The number of benzene rings is 2. The van der Waals surface area contributed by atoms with Crippen molar-refractivity contribution < 1.29 is 46.9 Å². The number of hydrogen-bond donors (Lipinski definition) is 2. The van der Waals surface area contributed by atoms with Gasteiger partial charge in [-0.05, 0) is 172 Å². The zero-order valence-corrected chi connectivity index (χ0v) is 39.8. The molecule has 1 amide bonds. The van der Waals surface area contributed by atoms with Crippen molar-refractivity contribution in [3.63, 3.8) is 0 Å².